The van der Waals surface area contributed by atoms with Crippen LogP contribution in [0.15, 0.2) is 48.8 Å². The lowest BCUT2D eigenvalue weighted by molar-refractivity contribution is 0.100. The SMILES string of the molecule is COc1ccc(NC(=O)c2nnc3n2CC2CN(Cc4cccnc4)CC2C3)cc1. The minimum atomic E-state index is -0.234. The average molecular weight is 404 g/mol. The second-order valence-electron chi connectivity index (χ2n) is 8.01. The van der Waals surface area contributed by atoms with Crippen molar-refractivity contribution in [3.63, 3.8) is 0 Å². The number of nitrogens with one attached hydrogen (secondary N) is 1. The Hall–Kier alpha value is -3.26. The maximum absolute atomic E-state index is 12.8. The van der Waals surface area contributed by atoms with E-state index in [9.17, 15) is 4.79 Å². The van der Waals surface area contributed by atoms with Crippen molar-refractivity contribution in [3.8, 4) is 5.75 Å². The second kappa shape index (κ2) is 7.87. The molecule has 2 unspecified atom stereocenters. The van der Waals surface area contributed by atoms with Gasteiger partial charge in [0.05, 0.1) is 7.11 Å². The summed E-state index contributed by atoms with van der Waals surface area (Å²) in [5.41, 5.74) is 1.94. The molecule has 1 amide bonds. The predicted molar refractivity (Wildman–Crippen MR) is 111 cm³/mol. The number of rotatable bonds is 5. The van der Waals surface area contributed by atoms with Gasteiger partial charge in [-0.25, -0.2) is 0 Å². The van der Waals surface area contributed by atoms with Crippen LogP contribution in [0.1, 0.15) is 22.0 Å². The van der Waals surface area contributed by atoms with Crippen LogP contribution in [0.4, 0.5) is 5.69 Å². The number of carbonyl (C=O) groups is 1. The van der Waals surface area contributed by atoms with Gasteiger partial charge in [0.1, 0.15) is 11.6 Å². The number of hydrogen-bond acceptors (Lipinski definition) is 6. The van der Waals surface area contributed by atoms with Crippen LogP contribution in [0.3, 0.4) is 0 Å². The van der Waals surface area contributed by atoms with E-state index in [-0.39, 0.29) is 5.91 Å². The standard InChI is InChI=1S/C22H24N6O2/c1-30-19-6-4-18(5-7-19)24-22(29)21-26-25-20-9-16-12-27(13-17(16)14-28(20)21)11-15-3-2-8-23-10-15/h2-8,10,16-17H,9,11-14H2,1H3,(H,24,29). The highest BCUT2D eigenvalue weighted by atomic mass is 16.5. The van der Waals surface area contributed by atoms with E-state index in [1.807, 2.05) is 41.1 Å². The summed E-state index contributed by atoms with van der Waals surface area (Å²) >= 11 is 0. The lowest BCUT2D eigenvalue weighted by Crippen LogP contribution is -2.31. The van der Waals surface area contributed by atoms with Gasteiger partial charge in [0.2, 0.25) is 5.82 Å². The quantitative estimate of drug-likeness (QED) is 0.702. The summed E-state index contributed by atoms with van der Waals surface area (Å²) in [5, 5.41) is 11.4. The molecule has 2 atom stereocenters. The van der Waals surface area contributed by atoms with E-state index in [1.54, 1.807) is 13.3 Å². The van der Waals surface area contributed by atoms with Gasteiger partial charge < -0.3 is 14.6 Å². The van der Waals surface area contributed by atoms with E-state index >= 15 is 0 Å². The fourth-order valence-corrected chi connectivity index (χ4v) is 4.53. The van der Waals surface area contributed by atoms with Crippen LogP contribution in [0, 0.1) is 11.8 Å². The number of benzene rings is 1. The van der Waals surface area contributed by atoms with E-state index in [2.05, 4.69) is 31.5 Å². The fourth-order valence-electron chi connectivity index (χ4n) is 4.53. The first-order valence-corrected chi connectivity index (χ1v) is 10.2. The molecule has 0 spiro atoms. The number of anilines is 1. The Balaban J connectivity index is 1.26. The summed E-state index contributed by atoms with van der Waals surface area (Å²) in [7, 11) is 1.62. The van der Waals surface area contributed by atoms with Crippen LogP contribution in [0.25, 0.3) is 0 Å². The molecular weight excluding hydrogens is 380 g/mol. The van der Waals surface area contributed by atoms with E-state index in [4.69, 9.17) is 4.74 Å². The molecule has 2 aliphatic rings. The van der Waals surface area contributed by atoms with Crippen molar-refractivity contribution < 1.29 is 9.53 Å². The van der Waals surface area contributed by atoms with E-state index in [0.717, 1.165) is 44.2 Å². The molecular formula is C22H24N6O2. The number of hydrogen-bond donors (Lipinski definition) is 1. The van der Waals surface area contributed by atoms with Gasteiger partial charge in [-0.3, -0.25) is 14.7 Å². The zero-order valence-corrected chi connectivity index (χ0v) is 16.9. The molecule has 0 saturated carbocycles. The molecule has 4 heterocycles. The minimum absolute atomic E-state index is 0.234. The lowest BCUT2D eigenvalue weighted by atomic mass is 9.89. The van der Waals surface area contributed by atoms with Gasteiger partial charge in [-0.15, -0.1) is 10.2 Å². The van der Waals surface area contributed by atoms with Gasteiger partial charge in [0, 0.05) is 50.7 Å². The van der Waals surface area contributed by atoms with Crippen molar-refractivity contribution >= 4 is 11.6 Å². The first-order chi connectivity index (χ1) is 14.7. The smallest absolute Gasteiger partial charge is 0.293 e. The Kier molecular flexibility index (Phi) is 4.92. The number of methoxy groups -OCH3 is 1. The molecule has 154 valence electrons. The maximum Gasteiger partial charge on any atom is 0.293 e. The third-order valence-electron chi connectivity index (χ3n) is 6.02. The largest absolute Gasteiger partial charge is 0.497 e. The van der Waals surface area contributed by atoms with Crippen LogP contribution in [0.2, 0.25) is 0 Å². The van der Waals surface area contributed by atoms with Crippen molar-refractivity contribution in [2.45, 2.75) is 19.5 Å². The third-order valence-corrected chi connectivity index (χ3v) is 6.02. The summed E-state index contributed by atoms with van der Waals surface area (Å²) in [5.74, 6) is 2.84. The van der Waals surface area contributed by atoms with Crippen molar-refractivity contribution in [1.82, 2.24) is 24.6 Å². The zero-order valence-electron chi connectivity index (χ0n) is 16.9. The number of aromatic nitrogens is 4. The molecule has 0 aliphatic carbocycles. The second-order valence-corrected chi connectivity index (χ2v) is 8.01. The van der Waals surface area contributed by atoms with Crippen molar-refractivity contribution in [2.24, 2.45) is 11.8 Å². The Morgan fingerprint density at radius 2 is 1.97 bits per heavy atom. The molecule has 2 aliphatic heterocycles. The van der Waals surface area contributed by atoms with Crippen molar-refractivity contribution in [2.75, 3.05) is 25.5 Å². The molecule has 0 bridgehead atoms. The number of nitrogens with zero attached hydrogens (tertiary/aromatic N) is 5. The van der Waals surface area contributed by atoms with Crippen molar-refractivity contribution in [1.29, 1.82) is 0 Å². The summed E-state index contributed by atoms with van der Waals surface area (Å²) in [6, 6.07) is 11.4. The lowest BCUT2D eigenvalue weighted by Gasteiger charge is -2.25. The van der Waals surface area contributed by atoms with Crippen LogP contribution in [-0.4, -0.2) is 50.8 Å². The highest BCUT2D eigenvalue weighted by molar-refractivity contribution is 6.01. The minimum Gasteiger partial charge on any atom is -0.497 e. The molecule has 30 heavy (non-hydrogen) atoms. The summed E-state index contributed by atoms with van der Waals surface area (Å²) < 4.78 is 7.15. The number of fused-ring (bicyclic) bond motifs is 2. The van der Waals surface area contributed by atoms with Gasteiger partial charge in [-0.1, -0.05) is 6.07 Å². The molecule has 3 aromatic rings. The van der Waals surface area contributed by atoms with E-state index < -0.39 is 0 Å². The molecule has 2 aromatic heterocycles. The molecule has 1 saturated heterocycles. The molecule has 5 rings (SSSR count). The Morgan fingerprint density at radius 1 is 1.13 bits per heavy atom. The van der Waals surface area contributed by atoms with Gasteiger partial charge >= 0.3 is 0 Å². The Labute approximate surface area is 174 Å². The molecule has 8 nitrogen and oxygen atoms in total. The average Bonchev–Trinajstić information content (AvgIpc) is 3.35. The third kappa shape index (κ3) is 3.66. The highest BCUT2D eigenvalue weighted by Gasteiger charge is 2.39. The first-order valence-electron chi connectivity index (χ1n) is 10.2. The van der Waals surface area contributed by atoms with Gasteiger partial charge in [0.25, 0.3) is 5.91 Å². The van der Waals surface area contributed by atoms with Crippen molar-refractivity contribution in [3.05, 3.63) is 66.0 Å². The molecule has 1 N–H and O–H groups in total. The molecule has 1 aromatic carbocycles. The summed E-state index contributed by atoms with van der Waals surface area (Å²) in [4.78, 5) is 19.5. The van der Waals surface area contributed by atoms with E-state index in [1.165, 1.54) is 5.56 Å². The number of ether oxygens (including phenoxy) is 1. The van der Waals surface area contributed by atoms with Crippen LogP contribution >= 0.6 is 0 Å². The van der Waals surface area contributed by atoms with Crippen LogP contribution < -0.4 is 10.1 Å². The molecule has 0 radical (unpaired) electrons. The van der Waals surface area contributed by atoms with E-state index in [0.29, 0.717) is 23.3 Å². The van der Waals surface area contributed by atoms with Crippen LogP contribution in [0.5, 0.6) is 5.75 Å². The highest BCUT2D eigenvalue weighted by Crippen LogP contribution is 2.33. The maximum atomic E-state index is 12.8. The normalized spacial score (nSPS) is 20.4. The first kappa shape index (κ1) is 18.7. The number of carbonyl (C=O) groups excluding carboxylic acids is 1. The fraction of sp³-hybridized carbons (Fsp3) is 0.364. The van der Waals surface area contributed by atoms with Gasteiger partial charge in [-0.2, -0.15) is 0 Å². The number of pyridine rings is 1. The monoisotopic (exact) mass is 404 g/mol. The number of amides is 1. The topological polar surface area (TPSA) is 85.2 Å². The van der Waals surface area contributed by atoms with Crippen LogP contribution in [-0.2, 0) is 19.5 Å². The zero-order chi connectivity index (χ0) is 20.5. The predicted octanol–water partition coefficient (Wildman–Crippen LogP) is 2.24. The molecule has 8 heteroatoms. The summed E-state index contributed by atoms with van der Waals surface area (Å²) in [6.07, 6.45) is 4.59. The molecule has 1 fully saturated rings. The Bertz CT molecular complexity index is 1030. The van der Waals surface area contributed by atoms with Gasteiger partial charge in [-0.05, 0) is 47.7 Å². The van der Waals surface area contributed by atoms with Gasteiger partial charge in [0.15, 0.2) is 0 Å². The Morgan fingerprint density at radius 3 is 2.73 bits per heavy atom. The number of likely N-dealkylation sites (tertiary alicyclic amines) is 1. The summed E-state index contributed by atoms with van der Waals surface area (Å²) in [6.45, 7) is 3.74.